The van der Waals surface area contributed by atoms with Crippen LogP contribution in [0.1, 0.15) is 5.56 Å². The molecule has 0 saturated carbocycles. The molecule has 0 fully saturated rings. The van der Waals surface area contributed by atoms with Crippen molar-refractivity contribution >= 4 is 21.7 Å². The van der Waals surface area contributed by atoms with Crippen molar-refractivity contribution in [2.24, 2.45) is 0 Å². The first-order valence-corrected chi connectivity index (χ1v) is 8.09. The molecule has 0 aromatic carbocycles. The Labute approximate surface area is 134 Å². The predicted octanol–water partition coefficient (Wildman–Crippen LogP) is 1.99. The van der Waals surface area contributed by atoms with E-state index in [0.717, 1.165) is 6.07 Å². The van der Waals surface area contributed by atoms with E-state index in [1.807, 2.05) is 0 Å². The van der Waals surface area contributed by atoms with Crippen molar-refractivity contribution in [3.63, 3.8) is 0 Å². The van der Waals surface area contributed by atoms with Crippen molar-refractivity contribution in [1.82, 2.24) is 10.1 Å². The average molecular weight is 369 g/mol. The molecule has 1 N–H and O–H groups in total. The standard InChI is InChI=1S/C12H9ClF3N3O3S/c13-10-5-9(12(14,15)16)7-17-11(10)8-1-2-19(18-6-8)3-4-23(20,21)22/h1-2,5-7H,3-4H2/p+1. The Balaban J connectivity index is 2.23. The maximum absolute atomic E-state index is 12.6. The van der Waals surface area contributed by atoms with Gasteiger partial charge < -0.3 is 0 Å². The highest BCUT2D eigenvalue weighted by molar-refractivity contribution is 7.85. The molecule has 0 aliphatic rings. The fourth-order valence-corrected chi connectivity index (χ4v) is 2.36. The molecule has 6 nitrogen and oxygen atoms in total. The third-order valence-corrected chi connectivity index (χ3v) is 3.78. The van der Waals surface area contributed by atoms with E-state index in [-0.39, 0.29) is 17.3 Å². The van der Waals surface area contributed by atoms with Crippen LogP contribution >= 0.6 is 11.6 Å². The van der Waals surface area contributed by atoms with E-state index in [0.29, 0.717) is 11.8 Å². The van der Waals surface area contributed by atoms with E-state index in [2.05, 4.69) is 10.1 Å². The topological polar surface area (TPSA) is 84.0 Å². The van der Waals surface area contributed by atoms with Gasteiger partial charge in [-0.1, -0.05) is 16.3 Å². The van der Waals surface area contributed by atoms with Crippen LogP contribution in [0.15, 0.2) is 30.7 Å². The highest BCUT2D eigenvalue weighted by atomic mass is 35.5. The summed E-state index contributed by atoms with van der Waals surface area (Å²) in [6.07, 6.45) is -1.19. The zero-order valence-corrected chi connectivity index (χ0v) is 12.9. The Kier molecular flexibility index (Phi) is 4.87. The van der Waals surface area contributed by atoms with Gasteiger partial charge in [0.1, 0.15) is 11.9 Å². The normalized spacial score (nSPS) is 12.4. The zero-order chi connectivity index (χ0) is 17.3. The van der Waals surface area contributed by atoms with Crippen LogP contribution < -0.4 is 4.68 Å². The van der Waals surface area contributed by atoms with Crippen molar-refractivity contribution in [3.8, 4) is 11.3 Å². The molecule has 0 aliphatic heterocycles. The van der Waals surface area contributed by atoms with Crippen LogP contribution in [0.25, 0.3) is 11.3 Å². The molecule has 0 aliphatic carbocycles. The molecule has 0 atom stereocenters. The van der Waals surface area contributed by atoms with Crippen molar-refractivity contribution in [2.45, 2.75) is 12.7 Å². The number of alkyl halides is 3. The number of halogens is 4. The number of hydrogen-bond donors (Lipinski definition) is 1. The second-order valence-electron chi connectivity index (χ2n) is 4.52. The Morgan fingerprint density at radius 1 is 1.30 bits per heavy atom. The van der Waals surface area contributed by atoms with Gasteiger partial charge in [-0.15, -0.1) is 0 Å². The fraction of sp³-hybridized carbons (Fsp3) is 0.250. The fourth-order valence-electron chi connectivity index (χ4n) is 1.67. The van der Waals surface area contributed by atoms with E-state index in [4.69, 9.17) is 16.2 Å². The molecule has 2 heterocycles. The van der Waals surface area contributed by atoms with Crippen LogP contribution in [-0.4, -0.2) is 28.8 Å². The molecular formula is C12H10ClF3N3O3S+. The van der Waals surface area contributed by atoms with E-state index in [1.165, 1.54) is 23.1 Å². The molecule has 0 unspecified atom stereocenters. The molecule has 124 valence electrons. The lowest BCUT2D eigenvalue weighted by Gasteiger charge is -2.08. The summed E-state index contributed by atoms with van der Waals surface area (Å²) in [6.45, 7) is -0.0761. The van der Waals surface area contributed by atoms with Crippen LogP contribution in [0.5, 0.6) is 0 Å². The second kappa shape index (κ2) is 6.38. The quantitative estimate of drug-likeness (QED) is 0.659. The number of rotatable bonds is 4. The Morgan fingerprint density at radius 3 is 2.48 bits per heavy atom. The van der Waals surface area contributed by atoms with Gasteiger partial charge in [-0.05, 0) is 11.2 Å². The summed E-state index contributed by atoms with van der Waals surface area (Å²) >= 11 is 5.82. The third kappa shape index (κ3) is 4.85. The summed E-state index contributed by atoms with van der Waals surface area (Å²) in [5.41, 5.74) is -0.473. The molecule has 2 aromatic heterocycles. The molecular weight excluding hydrogens is 359 g/mol. The molecule has 2 rings (SSSR count). The summed E-state index contributed by atoms with van der Waals surface area (Å²) in [4.78, 5) is 3.69. The molecule has 23 heavy (non-hydrogen) atoms. The number of aryl methyl sites for hydroxylation is 1. The van der Waals surface area contributed by atoms with Gasteiger partial charge >= 0.3 is 6.18 Å². The maximum atomic E-state index is 12.6. The number of hydrogen-bond acceptors (Lipinski definition) is 4. The summed E-state index contributed by atoms with van der Waals surface area (Å²) < 4.78 is 68.8. The van der Waals surface area contributed by atoms with E-state index >= 15 is 0 Å². The lowest BCUT2D eigenvalue weighted by molar-refractivity contribution is -0.750. The van der Waals surface area contributed by atoms with Crippen molar-refractivity contribution in [2.75, 3.05) is 5.75 Å². The Bertz CT molecular complexity index is 811. The minimum absolute atomic E-state index is 0.0761. The average Bonchev–Trinajstić information content (AvgIpc) is 2.44. The Morgan fingerprint density at radius 2 is 2.00 bits per heavy atom. The molecule has 0 spiro atoms. The minimum atomic E-state index is -4.54. The lowest BCUT2D eigenvalue weighted by atomic mass is 10.1. The largest absolute Gasteiger partial charge is 0.417 e. The highest BCUT2D eigenvalue weighted by Crippen LogP contribution is 2.33. The summed E-state index contributed by atoms with van der Waals surface area (Å²) in [6, 6.07) is 2.24. The number of nitrogens with zero attached hydrogens (tertiary/aromatic N) is 3. The van der Waals surface area contributed by atoms with Gasteiger partial charge in [0.2, 0.25) is 0 Å². The van der Waals surface area contributed by atoms with Crippen molar-refractivity contribution in [3.05, 3.63) is 41.3 Å². The number of pyridine rings is 1. The van der Waals surface area contributed by atoms with Gasteiger partial charge in [0.15, 0.2) is 12.7 Å². The smallest absolute Gasteiger partial charge is 0.285 e. The summed E-state index contributed by atoms with van der Waals surface area (Å²) in [5, 5.41) is 3.71. The maximum Gasteiger partial charge on any atom is 0.417 e. The monoisotopic (exact) mass is 368 g/mol. The third-order valence-electron chi connectivity index (χ3n) is 2.79. The van der Waals surface area contributed by atoms with Crippen LogP contribution in [0, 0.1) is 0 Å². The van der Waals surface area contributed by atoms with Crippen LogP contribution in [0.3, 0.4) is 0 Å². The summed E-state index contributed by atoms with van der Waals surface area (Å²) in [5.74, 6) is -0.511. The second-order valence-corrected chi connectivity index (χ2v) is 6.50. The van der Waals surface area contributed by atoms with Crippen molar-refractivity contribution in [1.29, 1.82) is 0 Å². The molecule has 0 radical (unpaired) electrons. The predicted molar refractivity (Wildman–Crippen MR) is 74.1 cm³/mol. The van der Waals surface area contributed by atoms with Gasteiger partial charge in [0.05, 0.1) is 16.3 Å². The first-order valence-electron chi connectivity index (χ1n) is 6.10. The van der Waals surface area contributed by atoms with E-state index < -0.39 is 27.6 Å². The van der Waals surface area contributed by atoms with Gasteiger partial charge in [0.25, 0.3) is 10.1 Å². The minimum Gasteiger partial charge on any atom is -0.285 e. The van der Waals surface area contributed by atoms with Crippen LogP contribution in [-0.2, 0) is 22.8 Å². The van der Waals surface area contributed by atoms with Gasteiger partial charge in [-0.25, -0.2) is 0 Å². The van der Waals surface area contributed by atoms with E-state index in [1.54, 1.807) is 0 Å². The molecule has 11 heteroatoms. The summed E-state index contributed by atoms with van der Waals surface area (Å²) in [7, 11) is -4.11. The van der Waals surface area contributed by atoms with Gasteiger partial charge in [-0.3, -0.25) is 9.54 Å². The van der Waals surface area contributed by atoms with Gasteiger partial charge in [0, 0.05) is 17.8 Å². The Hall–Kier alpha value is -1.78. The van der Waals surface area contributed by atoms with Gasteiger partial charge in [-0.2, -0.15) is 21.6 Å². The lowest BCUT2D eigenvalue weighted by Crippen LogP contribution is -2.40. The molecule has 0 bridgehead atoms. The molecule has 0 saturated heterocycles. The first-order chi connectivity index (χ1) is 10.6. The SMILES string of the molecule is O=S(=O)(O)CC[n+]1ccc(-c2ncc(C(F)(F)F)cc2Cl)cn1. The molecule has 2 aromatic rings. The number of aromatic nitrogens is 3. The highest BCUT2D eigenvalue weighted by Gasteiger charge is 2.31. The zero-order valence-electron chi connectivity index (χ0n) is 11.3. The van der Waals surface area contributed by atoms with E-state index in [9.17, 15) is 21.6 Å². The first kappa shape index (κ1) is 17.6. The van der Waals surface area contributed by atoms with Crippen molar-refractivity contribution < 1.29 is 30.8 Å². The molecule has 0 amide bonds. The van der Waals surface area contributed by atoms with Crippen LogP contribution in [0.4, 0.5) is 13.2 Å². The van der Waals surface area contributed by atoms with Crippen LogP contribution in [0.2, 0.25) is 5.02 Å².